The topological polar surface area (TPSA) is 159 Å². The predicted molar refractivity (Wildman–Crippen MR) is 149 cm³/mol. The van der Waals surface area contributed by atoms with Gasteiger partial charge in [0.1, 0.15) is 23.9 Å². The Morgan fingerprint density at radius 3 is 1.83 bits per heavy atom. The largest absolute Gasteiger partial charge is 0.514 e. The first-order valence-electron chi connectivity index (χ1n) is 13.7. The highest BCUT2D eigenvalue weighted by molar-refractivity contribution is 5.81. The number of methoxy groups -OCH3 is 1. The van der Waals surface area contributed by atoms with Crippen LogP contribution in [0.15, 0.2) is 18.2 Å². The number of benzene rings is 1. The van der Waals surface area contributed by atoms with Gasteiger partial charge in [0.05, 0.1) is 13.7 Å². The Morgan fingerprint density at radius 1 is 0.805 bits per heavy atom. The zero-order valence-corrected chi connectivity index (χ0v) is 25.5. The van der Waals surface area contributed by atoms with Gasteiger partial charge >= 0.3 is 24.4 Å². The van der Waals surface area contributed by atoms with Crippen LogP contribution in [0.1, 0.15) is 73.8 Å². The summed E-state index contributed by atoms with van der Waals surface area (Å²) in [5.41, 5.74) is 5.21. The fourth-order valence-electron chi connectivity index (χ4n) is 3.06. The first kappa shape index (κ1) is 35.5. The van der Waals surface area contributed by atoms with Crippen LogP contribution in [0.5, 0.6) is 11.5 Å². The molecule has 1 aromatic rings. The standard InChI is InChI=1S/C29H45NO11/c1-10-19(6)37-26(32)36-14-13-29(30,25(31)35-9)16-22-11-12-23(40-27(33)38-20(7)17(2)3)24(15-22)41-28(34)39-21(8)18(4)5/h11-12,15,17-21H,10,13-14,16,30H2,1-9H3/t19-,20?,21?,29+/m0/s1. The predicted octanol–water partition coefficient (Wildman–Crippen LogP) is 5.56. The van der Waals surface area contributed by atoms with Crippen molar-refractivity contribution in [2.75, 3.05) is 13.7 Å². The van der Waals surface area contributed by atoms with Crippen LogP contribution in [0, 0.1) is 11.8 Å². The molecule has 1 rings (SSSR count). The third kappa shape index (κ3) is 12.2. The second kappa shape index (κ2) is 16.7. The van der Waals surface area contributed by atoms with Gasteiger partial charge in [0, 0.05) is 12.8 Å². The van der Waals surface area contributed by atoms with Gasteiger partial charge in [0.15, 0.2) is 11.5 Å². The molecule has 0 saturated carbocycles. The lowest BCUT2D eigenvalue weighted by atomic mass is 9.88. The van der Waals surface area contributed by atoms with Gasteiger partial charge in [-0.05, 0) is 56.7 Å². The summed E-state index contributed by atoms with van der Waals surface area (Å²) in [6.45, 7) is 14.3. The third-order valence-corrected chi connectivity index (χ3v) is 6.59. The van der Waals surface area contributed by atoms with Gasteiger partial charge in [0.25, 0.3) is 0 Å². The van der Waals surface area contributed by atoms with Crippen molar-refractivity contribution in [3.63, 3.8) is 0 Å². The van der Waals surface area contributed by atoms with Crippen LogP contribution in [0.4, 0.5) is 14.4 Å². The number of carbonyl (C=O) groups excluding carboxylic acids is 4. The number of nitrogens with two attached hydrogens (primary N) is 1. The highest BCUT2D eigenvalue weighted by Crippen LogP contribution is 2.32. The van der Waals surface area contributed by atoms with Gasteiger partial charge in [-0.25, -0.2) is 14.4 Å². The second-order valence-electron chi connectivity index (χ2n) is 10.6. The van der Waals surface area contributed by atoms with Gasteiger partial charge in [0.2, 0.25) is 0 Å². The molecule has 232 valence electrons. The van der Waals surface area contributed by atoms with Gasteiger partial charge in [-0.3, -0.25) is 4.79 Å². The molecular formula is C29H45NO11. The minimum absolute atomic E-state index is 0.0275. The number of ether oxygens (including phenoxy) is 7. The Morgan fingerprint density at radius 2 is 1.34 bits per heavy atom. The van der Waals surface area contributed by atoms with Gasteiger partial charge in [-0.2, -0.15) is 0 Å². The average Bonchev–Trinajstić information content (AvgIpc) is 2.89. The molecule has 0 amide bonds. The van der Waals surface area contributed by atoms with E-state index in [4.69, 9.17) is 38.9 Å². The lowest BCUT2D eigenvalue weighted by Gasteiger charge is -2.27. The maximum atomic E-state index is 12.6. The van der Waals surface area contributed by atoms with Crippen LogP contribution >= 0.6 is 0 Å². The summed E-state index contributed by atoms with van der Waals surface area (Å²) >= 11 is 0. The van der Waals surface area contributed by atoms with Crippen molar-refractivity contribution in [3.8, 4) is 11.5 Å². The summed E-state index contributed by atoms with van der Waals surface area (Å²) in [6, 6.07) is 4.30. The van der Waals surface area contributed by atoms with Crippen molar-refractivity contribution in [1.82, 2.24) is 0 Å². The van der Waals surface area contributed by atoms with Crippen LogP contribution in [-0.4, -0.2) is 62.0 Å². The minimum Gasteiger partial charge on any atom is -0.468 e. The Hall–Kier alpha value is -3.54. The van der Waals surface area contributed by atoms with Crippen LogP contribution in [0.2, 0.25) is 0 Å². The van der Waals surface area contributed by atoms with E-state index >= 15 is 0 Å². The Labute approximate surface area is 242 Å². The van der Waals surface area contributed by atoms with E-state index in [1.54, 1.807) is 20.8 Å². The summed E-state index contributed by atoms with van der Waals surface area (Å²) in [5.74, 6) is -0.945. The van der Waals surface area contributed by atoms with Gasteiger partial charge < -0.3 is 38.9 Å². The fraction of sp³-hybridized carbons (Fsp3) is 0.655. The smallest absolute Gasteiger partial charge is 0.468 e. The van der Waals surface area contributed by atoms with E-state index in [0.717, 1.165) is 0 Å². The lowest BCUT2D eigenvalue weighted by Crippen LogP contribution is -2.51. The molecule has 4 atom stereocenters. The normalized spacial score (nSPS) is 14.7. The summed E-state index contributed by atoms with van der Waals surface area (Å²) in [6.07, 6.45) is -3.68. The molecule has 1 aromatic carbocycles. The molecule has 0 aromatic heterocycles. The molecule has 0 aliphatic rings. The molecule has 41 heavy (non-hydrogen) atoms. The molecule has 0 spiro atoms. The molecule has 0 saturated heterocycles. The minimum atomic E-state index is -1.62. The second-order valence-corrected chi connectivity index (χ2v) is 10.6. The van der Waals surface area contributed by atoms with E-state index in [2.05, 4.69) is 0 Å². The zero-order valence-electron chi connectivity index (χ0n) is 25.5. The number of carbonyl (C=O) groups is 4. The highest BCUT2D eigenvalue weighted by atomic mass is 16.8. The van der Waals surface area contributed by atoms with E-state index in [-0.39, 0.29) is 48.9 Å². The molecule has 12 nitrogen and oxygen atoms in total. The zero-order chi connectivity index (χ0) is 31.3. The number of esters is 1. The molecular weight excluding hydrogens is 538 g/mol. The third-order valence-electron chi connectivity index (χ3n) is 6.59. The fourth-order valence-corrected chi connectivity index (χ4v) is 3.06. The van der Waals surface area contributed by atoms with Gasteiger partial charge in [-0.1, -0.05) is 40.7 Å². The number of hydrogen-bond acceptors (Lipinski definition) is 12. The molecule has 0 aliphatic carbocycles. The van der Waals surface area contributed by atoms with Crippen LogP contribution in [-0.2, 0) is 34.9 Å². The molecule has 2 N–H and O–H groups in total. The van der Waals surface area contributed by atoms with E-state index in [1.165, 1.54) is 25.3 Å². The number of hydrogen-bond donors (Lipinski definition) is 1. The molecule has 0 fully saturated rings. The van der Waals surface area contributed by atoms with Crippen molar-refractivity contribution in [3.05, 3.63) is 23.8 Å². The summed E-state index contributed by atoms with van der Waals surface area (Å²) < 4.78 is 36.3. The van der Waals surface area contributed by atoms with Crippen molar-refractivity contribution in [2.45, 2.75) is 98.5 Å². The molecule has 2 unspecified atom stereocenters. The first-order valence-corrected chi connectivity index (χ1v) is 13.7. The lowest BCUT2D eigenvalue weighted by molar-refractivity contribution is -0.147. The Balaban J connectivity index is 3.21. The highest BCUT2D eigenvalue weighted by Gasteiger charge is 2.36. The summed E-state index contributed by atoms with van der Waals surface area (Å²) in [4.78, 5) is 49.4. The molecule has 0 bridgehead atoms. The van der Waals surface area contributed by atoms with Crippen LogP contribution in [0.3, 0.4) is 0 Å². The molecule has 0 radical (unpaired) electrons. The van der Waals surface area contributed by atoms with Crippen molar-refractivity contribution in [2.24, 2.45) is 17.6 Å². The summed E-state index contributed by atoms with van der Waals surface area (Å²) in [7, 11) is 1.18. The monoisotopic (exact) mass is 583 g/mol. The SMILES string of the molecule is CC[C@H](C)OC(=O)OCC[C@@](N)(Cc1ccc(OC(=O)OC(C)C(C)C)c(OC(=O)OC(C)C(C)C)c1)C(=O)OC. The van der Waals surface area contributed by atoms with Crippen LogP contribution < -0.4 is 15.2 Å². The van der Waals surface area contributed by atoms with E-state index in [0.29, 0.717) is 12.0 Å². The van der Waals surface area contributed by atoms with Crippen molar-refractivity contribution >= 4 is 24.4 Å². The maximum Gasteiger partial charge on any atom is 0.514 e. The number of rotatable bonds is 14. The Bertz CT molecular complexity index is 1030. The molecule has 12 heteroatoms. The van der Waals surface area contributed by atoms with E-state index < -0.39 is 42.2 Å². The quantitative estimate of drug-likeness (QED) is 0.165. The Kier molecular flexibility index (Phi) is 14.4. The average molecular weight is 584 g/mol. The first-order chi connectivity index (χ1) is 19.1. The molecule has 0 aliphatic heterocycles. The molecule has 0 heterocycles. The maximum absolute atomic E-state index is 12.6. The summed E-state index contributed by atoms with van der Waals surface area (Å²) in [5, 5.41) is 0. The van der Waals surface area contributed by atoms with Gasteiger partial charge in [-0.15, -0.1) is 0 Å². The van der Waals surface area contributed by atoms with E-state index in [9.17, 15) is 19.2 Å². The van der Waals surface area contributed by atoms with E-state index in [1.807, 2.05) is 34.6 Å². The van der Waals surface area contributed by atoms with Crippen molar-refractivity contribution < 1.29 is 52.3 Å². The van der Waals surface area contributed by atoms with Crippen LogP contribution in [0.25, 0.3) is 0 Å². The van der Waals surface area contributed by atoms with Crippen molar-refractivity contribution in [1.29, 1.82) is 0 Å².